The van der Waals surface area contributed by atoms with Crippen LogP contribution in [-0.4, -0.2) is 23.0 Å². The Bertz CT molecular complexity index is 801. The highest BCUT2D eigenvalue weighted by Crippen LogP contribution is 2.28. The third-order valence-electron chi connectivity index (χ3n) is 3.64. The van der Waals surface area contributed by atoms with Crippen LogP contribution in [0.1, 0.15) is 12.0 Å². The summed E-state index contributed by atoms with van der Waals surface area (Å²) in [7, 11) is 1.41. The molecule has 2 heterocycles. The SMILES string of the molecule is COC(=O)CCc1ccc2nccc(-c3ccncc3)c2c1. The molecule has 0 unspecified atom stereocenters. The quantitative estimate of drug-likeness (QED) is 0.692. The van der Waals surface area contributed by atoms with Gasteiger partial charge >= 0.3 is 5.97 Å². The van der Waals surface area contributed by atoms with E-state index in [0.29, 0.717) is 12.8 Å². The lowest BCUT2D eigenvalue weighted by atomic mass is 9.99. The second-order valence-corrected chi connectivity index (χ2v) is 5.02. The van der Waals surface area contributed by atoms with Gasteiger partial charge in [-0.3, -0.25) is 14.8 Å². The molecule has 0 atom stereocenters. The number of benzene rings is 1. The topological polar surface area (TPSA) is 52.1 Å². The van der Waals surface area contributed by atoms with Gasteiger partial charge in [0.2, 0.25) is 0 Å². The maximum Gasteiger partial charge on any atom is 0.305 e. The summed E-state index contributed by atoms with van der Waals surface area (Å²) in [6, 6.07) is 12.1. The Labute approximate surface area is 128 Å². The summed E-state index contributed by atoms with van der Waals surface area (Å²) < 4.78 is 4.69. The van der Waals surface area contributed by atoms with Crippen LogP contribution < -0.4 is 0 Å². The van der Waals surface area contributed by atoms with Crippen molar-refractivity contribution in [3.63, 3.8) is 0 Å². The lowest BCUT2D eigenvalue weighted by Gasteiger charge is -2.08. The molecule has 0 N–H and O–H groups in total. The van der Waals surface area contributed by atoms with Crippen molar-refractivity contribution in [2.24, 2.45) is 0 Å². The van der Waals surface area contributed by atoms with Crippen LogP contribution in [0.4, 0.5) is 0 Å². The van der Waals surface area contributed by atoms with Crippen LogP contribution in [-0.2, 0) is 16.0 Å². The molecule has 0 aliphatic heterocycles. The first-order valence-electron chi connectivity index (χ1n) is 7.13. The van der Waals surface area contributed by atoms with E-state index < -0.39 is 0 Å². The fourth-order valence-corrected chi connectivity index (χ4v) is 2.48. The van der Waals surface area contributed by atoms with Crippen LogP contribution in [0.5, 0.6) is 0 Å². The van der Waals surface area contributed by atoms with Crippen molar-refractivity contribution in [3.8, 4) is 11.1 Å². The molecule has 1 aromatic carbocycles. The van der Waals surface area contributed by atoms with Gasteiger partial charge in [-0.1, -0.05) is 6.07 Å². The normalized spacial score (nSPS) is 10.6. The van der Waals surface area contributed by atoms with Crippen LogP contribution in [0.2, 0.25) is 0 Å². The van der Waals surface area contributed by atoms with Crippen molar-refractivity contribution in [1.82, 2.24) is 9.97 Å². The summed E-state index contributed by atoms with van der Waals surface area (Å²) in [4.78, 5) is 19.8. The van der Waals surface area contributed by atoms with Gasteiger partial charge in [0, 0.05) is 30.4 Å². The average Bonchev–Trinajstić information content (AvgIpc) is 2.59. The first-order chi connectivity index (χ1) is 10.8. The minimum absolute atomic E-state index is 0.194. The number of ether oxygens (including phenoxy) is 1. The van der Waals surface area contributed by atoms with E-state index in [1.165, 1.54) is 7.11 Å². The molecule has 0 radical (unpaired) electrons. The number of nitrogens with zero attached hydrogens (tertiary/aromatic N) is 2. The van der Waals surface area contributed by atoms with Gasteiger partial charge in [0.25, 0.3) is 0 Å². The third kappa shape index (κ3) is 2.96. The van der Waals surface area contributed by atoms with Crippen molar-refractivity contribution in [1.29, 1.82) is 0 Å². The second-order valence-electron chi connectivity index (χ2n) is 5.02. The summed E-state index contributed by atoms with van der Waals surface area (Å²) in [5, 5.41) is 1.08. The fraction of sp³-hybridized carbons (Fsp3) is 0.167. The number of aryl methyl sites for hydroxylation is 1. The summed E-state index contributed by atoms with van der Waals surface area (Å²) in [5.41, 5.74) is 4.26. The molecular formula is C18H16N2O2. The Hall–Kier alpha value is -2.75. The molecule has 110 valence electrons. The molecule has 22 heavy (non-hydrogen) atoms. The highest BCUT2D eigenvalue weighted by atomic mass is 16.5. The Morgan fingerprint density at radius 2 is 1.91 bits per heavy atom. The fourth-order valence-electron chi connectivity index (χ4n) is 2.48. The Morgan fingerprint density at radius 1 is 1.09 bits per heavy atom. The molecule has 3 rings (SSSR count). The maximum absolute atomic E-state index is 11.3. The number of carbonyl (C=O) groups is 1. The number of rotatable bonds is 4. The minimum Gasteiger partial charge on any atom is -0.469 e. The van der Waals surface area contributed by atoms with Gasteiger partial charge in [0.15, 0.2) is 0 Å². The van der Waals surface area contributed by atoms with Crippen molar-refractivity contribution in [2.45, 2.75) is 12.8 Å². The van der Waals surface area contributed by atoms with E-state index in [1.807, 2.05) is 36.5 Å². The van der Waals surface area contributed by atoms with E-state index in [1.54, 1.807) is 12.4 Å². The zero-order valence-electron chi connectivity index (χ0n) is 12.3. The van der Waals surface area contributed by atoms with Gasteiger partial charge in [-0.05, 0) is 53.4 Å². The molecule has 3 aromatic rings. The van der Waals surface area contributed by atoms with Crippen LogP contribution in [0, 0.1) is 0 Å². The zero-order valence-corrected chi connectivity index (χ0v) is 12.3. The summed E-state index contributed by atoms with van der Waals surface area (Å²) in [6.45, 7) is 0. The van der Waals surface area contributed by atoms with E-state index in [0.717, 1.165) is 27.6 Å². The molecule has 0 aliphatic rings. The highest BCUT2D eigenvalue weighted by Gasteiger charge is 2.07. The number of methoxy groups -OCH3 is 1. The molecule has 0 spiro atoms. The molecule has 0 saturated heterocycles. The molecule has 0 saturated carbocycles. The third-order valence-corrected chi connectivity index (χ3v) is 3.64. The monoisotopic (exact) mass is 292 g/mol. The van der Waals surface area contributed by atoms with Gasteiger partial charge < -0.3 is 4.74 Å². The first kappa shape index (κ1) is 14.2. The van der Waals surface area contributed by atoms with Crippen LogP contribution in [0.15, 0.2) is 55.0 Å². The van der Waals surface area contributed by atoms with Crippen LogP contribution in [0.3, 0.4) is 0 Å². The largest absolute Gasteiger partial charge is 0.469 e. The lowest BCUT2D eigenvalue weighted by Crippen LogP contribution is -2.01. The number of aromatic nitrogens is 2. The summed E-state index contributed by atoms with van der Waals surface area (Å²) in [6.07, 6.45) is 6.41. The van der Waals surface area contributed by atoms with Crippen molar-refractivity contribution < 1.29 is 9.53 Å². The molecule has 0 amide bonds. The van der Waals surface area contributed by atoms with E-state index in [2.05, 4.69) is 16.0 Å². The average molecular weight is 292 g/mol. The van der Waals surface area contributed by atoms with E-state index in [-0.39, 0.29) is 5.97 Å². The maximum atomic E-state index is 11.3. The number of fused-ring (bicyclic) bond motifs is 1. The van der Waals surface area contributed by atoms with Crippen LogP contribution in [0.25, 0.3) is 22.0 Å². The second kappa shape index (κ2) is 6.35. The molecule has 0 bridgehead atoms. The van der Waals surface area contributed by atoms with Gasteiger partial charge in [-0.25, -0.2) is 0 Å². The number of pyridine rings is 2. The predicted molar refractivity (Wildman–Crippen MR) is 85.3 cm³/mol. The molecule has 2 aromatic heterocycles. The van der Waals surface area contributed by atoms with Gasteiger partial charge in [-0.15, -0.1) is 0 Å². The van der Waals surface area contributed by atoms with Gasteiger partial charge in [0.05, 0.1) is 12.6 Å². The predicted octanol–water partition coefficient (Wildman–Crippen LogP) is 3.40. The van der Waals surface area contributed by atoms with Gasteiger partial charge in [-0.2, -0.15) is 0 Å². The standard InChI is InChI=1S/C18H16N2O2/c1-22-18(21)5-3-13-2-4-17-16(12-13)15(8-11-20-17)14-6-9-19-10-7-14/h2,4,6-12H,3,5H2,1H3. The number of hydrogen-bond acceptors (Lipinski definition) is 4. The Kier molecular flexibility index (Phi) is 4.10. The van der Waals surface area contributed by atoms with Gasteiger partial charge in [0.1, 0.15) is 0 Å². The Morgan fingerprint density at radius 3 is 2.68 bits per heavy atom. The molecule has 0 fully saturated rings. The van der Waals surface area contributed by atoms with E-state index >= 15 is 0 Å². The van der Waals surface area contributed by atoms with Crippen LogP contribution >= 0.6 is 0 Å². The number of esters is 1. The zero-order chi connectivity index (χ0) is 15.4. The number of carbonyl (C=O) groups excluding carboxylic acids is 1. The van der Waals surface area contributed by atoms with Crippen molar-refractivity contribution >= 4 is 16.9 Å². The first-order valence-corrected chi connectivity index (χ1v) is 7.13. The number of hydrogen-bond donors (Lipinski definition) is 0. The molecule has 4 nitrogen and oxygen atoms in total. The highest BCUT2D eigenvalue weighted by molar-refractivity contribution is 5.94. The van der Waals surface area contributed by atoms with Crippen molar-refractivity contribution in [2.75, 3.05) is 7.11 Å². The minimum atomic E-state index is -0.194. The Balaban J connectivity index is 2.01. The summed E-state index contributed by atoms with van der Waals surface area (Å²) >= 11 is 0. The van der Waals surface area contributed by atoms with E-state index in [4.69, 9.17) is 4.74 Å². The smallest absolute Gasteiger partial charge is 0.305 e. The van der Waals surface area contributed by atoms with Crippen molar-refractivity contribution in [3.05, 3.63) is 60.6 Å². The lowest BCUT2D eigenvalue weighted by molar-refractivity contribution is -0.140. The molecule has 4 heteroatoms. The molecular weight excluding hydrogens is 276 g/mol. The molecule has 0 aliphatic carbocycles. The summed E-state index contributed by atoms with van der Waals surface area (Å²) in [5.74, 6) is -0.194. The van der Waals surface area contributed by atoms with E-state index in [9.17, 15) is 4.79 Å².